The fourth-order valence-corrected chi connectivity index (χ4v) is 5.29. The molecule has 1 saturated heterocycles. The molecule has 1 atom stereocenters. The highest BCUT2D eigenvalue weighted by atomic mass is 35.5. The van der Waals surface area contributed by atoms with Crippen LogP contribution in [0.2, 0.25) is 10.0 Å². The first-order valence-electron chi connectivity index (χ1n) is 12.9. The number of carboxylic acid groups (broad SMARTS) is 1. The van der Waals surface area contributed by atoms with Crippen LogP contribution in [0.1, 0.15) is 33.5 Å². The van der Waals surface area contributed by atoms with E-state index in [1.807, 2.05) is 0 Å². The van der Waals surface area contributed by atoms with E-state index in [1.54, 1.807) is 64.4 Å². The van der Waals surface area contributed by atoms with Crippen LogP contribution >= 0.6 is 23.2 Å². The highest BCUT2D eigenvalue weighted by Gasteiger charge is 2.33. The zero-order valence-electron chi connectivity index (χ0n) is 22.0. The predicted octanol–water partition coefficient (Wildman–Crippen LogP) is 5.40. The minimum Gasteiger partial charge on any atom is -0.481 e. The van der Waals surface area contributed by atoms with E-state index in [1.165, 1.54) is 12.1 Å². The molecule has 0 aromatic heterocycles. The van der Waals surface area contributed by atoms with Gasteiger partial charge in [-0.2, -0.15) is 0 Å². The van der Waals surface area contributed by atoms with Crippen LogP contribution in [0.4, 0.5) is 10.5 Å². The van der Waals surface area contributed by atoms with E-state index in [9.17, 15) is 29.6 Å². The Bertz CT molecular complexity index is 1450. The van der Waals surface area contributed by atoms with E-state index in [2.05, 4.69) is 5.32 Å². The molecule has 214 valence electrons. The molecule has 4 rings (SSSR count). The van der Waals surface area contributed by atoms with Crippen molar-refractivity contribution in [1.29, 1.82) is 0 Å². The van der Waals surface area contributed by atoms with Gasteiger partial charge in [-0.05, 0) is 41.3 Å². The van der Waals surface area contributed by atoms with Gasteiger partial charge in [0.1, 0.15) is 0 Å². The molecule has 2 N–H and O–H groups in total. The van der Waals surface area contributed by atoms with E-state index in [-0.39, 0.29) is 56.1 Å². The molecule has 1 fully saturated rings. The monoisotopic (exact) mass is 598 g/mol. The summed E-state index contributed by atoms with van der Waals surface area (Å²) in [4.78, 5) is 51.6. The molecule has 0 spiro atoms. The Kier molecular flexibility index (Phi) is 9.80. The van der Waals surface area contributed by atoms with Gasteiger partial charge in [0.25, 0.3) is 11.6 Å². The predicted molar refractivity (Wildman–Crippen MR) is 154 cm³/mol. The van der Waals surface area contributed by atoms with Crippen LogP contribution in [0.3, 0.4) is 0 Å². The molecule has 41 heavy (non-hydrogen) atoms. The lowest BCUT2D eigenvalue weighted by Gasteiger charge is -2.40. The average Bonchev–Trinajstić information content (AvgIpc) is 2.93. The molecule has 10 nitrogen and oxygen atoms in total. The second kappa shape index (κ2) is 13.5. The third-order valence-electron chi connectivity index (χ3n) is 6.81. The molecule has 1 aliphatic rings. The number of aliphatic carboxylic acids is 1. The summed E-state index contributed by atoms with van der Waals surface area (Å²) in [6, 6.07) is 17.8. The number of carbonyl (C=O) groups excluding carboxylic acids is 2. The molecule has 3 aromatic rings. The number of urea groups is 1. The molecular formula is C29H28Cl2N4O6. The van der Waals surface area contributed by atoms with Crippen molar-refractivity contribution in [2.45, 2.75) is 25.9 Å². The van der Waals surface area contributed by atoms with Crippen molar-refractivity contribution < 1.29 is 24.4 Å². The normalized spacial score (nSPS) is 15.1. The maximum Gasteiger partial charge on any atom is 0.320 e. The molecular weight excluding hydrogens is 571 g/mol. The van der Waals surface area contributed by atoms with Crippen molar-refractivity contribution in [2.75, 3.05) is 19.6 Å². The minimum absolute atomic E-state index is 0.000560. The molecule has 3 amide bonds. The summed E-state index contributed by atoms with van der Waals surface area (Å²) in [5.74, 6) is -1.60. The number of amides is 3. The third-order valence-corrected chi connectivity index (χ3v) is 7.39. The highest BCUT2D eigenvalue weighted by molar-refractivity contribution is 6.35. The van der Waals surface area contributed by atoms with Crippen molar-refractivity contribution in [3.8, 4) is 0 Å². The van der Waals surface area contributed by atoms with Gasteiger partial charge in [-0.15, -0.1) is 0 Å². The average molecular weight is 599 g/mol. The van der Waals surface area contributed by atoms with Crippen molar-refractivity contribution in [3.05, 3.63) is 109 Å². The van der Waals surface area contributed by atoms with Crippen LogP contribution in [0.5, 0.6) is 0 Å². The fraction of sp³-hybridized carbons (Fsp3) is 0.276. The number of carboxylic acids is 1. The number of rotatable bonds is 11. The van der Waals surface area contributed by atoms with Crippen molar-refractivity contribution in [1.82, 2.24) is 15.1 Å². The lowest BCUT2D eigenvalue weighted by Crippen LogP contribution is -2.53. The number of non-ortho nitro benzene ring substituents is 1. The first-order chi connectivity index (χ1) is 19.6. The fourth-order valence-electron chi connectivity index (χ4n) is 4.82. The van der Waals surface area contributed by atoms with Gasteiger partial charge in [-0.25, -0.2) is 4.79 Å². The van der Waals surface area contributed by atoms with Gasteiger partial charge in [0.2, 0.25) is 0 Å². The van der Waals surface area contributed by atoms with E-state index in [0.29, 0.717) is 39.7 Å². The molecule has 0 radical (unpaired) electrons. The van der Waals surface area contributed by atoms with Crippen LogP contribution < -0.4 is 5.32 Å². The van der Waals surface area contributed by atoms with Crippen LogP contribution in [0.15, 0.2) is 66.7 Å². The number of halogens is 2. The second-order valence-corrected chi connectivity index (χ2v) is 10.7. The number of hydrogen-bond donors (Lipinski definition) is 2. The van der Waals surface area contributed by atoms with Gasteiger partial charge >= 0.3 is 12.0 Å². The summed E-state index contributed by atoms with van der Waals surface area (Å²) >= 11 is 12.3. The minimum atomic E-state index is -0.957. The van der Waals surface area contributed by atoms with Crippen LogP contribution in [-0.2, 0) is 24.3 Å². The molecule has 0 aliphatic carbocycles. The number of nitrogens with one attached hydrogen (secondary N) is 1. The Morgan fingerprint density at radius 3 is 2.27 bits per heavy atom. The molecule has 1 unspecified atom stereocenters. The van der Waals surface area contributed by atoms with Crippen molar-refractivity contribution in [2.24, 2.45) is 5.92 Å². The molecule has 1 aliphatic heterocycles. The SMILES string of the molecule is O=C(O)CC1CN(Cc2ccc(Cl)cc2Cl)C(=O)N(Cc2ccccc2C(=O)NCCc2ccc([N+](=O)[O-])cc2)C1. The van der Waals surface area contributed by atoms with E-state index in [4.69, 9.17) is 23.2 Å². The number of hydrogen-bond acceptors (Lipinski definition) is 5. The van der Waals surface area contributed by atoms with Gasteiger partial charge in [0, 0.05) is 66.4 Å². The maximum atomic E-state index is 13.5. The van der Waals surface area contributed by atoms with E-state index >= 15 is 0 Å². The first-order valence-corrected chi connectivity index (χ1v) is 13.7. The van der Waals surface area contributed by atoms with Gasteiger partial charge in [-0.1, -0.05) is 59.6 Å². The number of nitrogens with zero attached hydrogens (tertiary/aromatic N) is 3. The van der Waals surface area contributed by atoms with E-state index < -0.39 is 10.9 Å². The second-order valence-electron chi connectivity index (χ2n) is 9.83. The van der Waals surface area contributed by atoms with Crippen molar-refractivity contribution in [3.63, 3.8) is 0 Å². The zero-order valence-corrected chi connectivity index (χ0v) is 23.5. The lowest BCUT2D eigenvalue weighted by molar-refractivity contribution is -0.384. The Morgan fingerprint density at radius 2 is 1.63 bits per heavy atom. The van der Waals surface area contributed by atoms with Crippen LogP contribution in [-0.4, -0.2) is 57.4 Å². The smallest absolute Gasteiger partial charge is 0.320 e. The summed E-state index contributed by atoms with van der Waals surface area (Å²) in [5.41, 5.74) is 2.55. The molecule has 12 heteroatoms. The standard InChI is InChI=1S/C29H28Cl2N4O6/c30-23-8-7-22(26(31)14-23)18-34-16-20(13-27(36)37)15-33(29(34)39)17-21-3-1-2-4-25(21)28(38)32-12-11-19-5-9-24(10-6-19)35(40)41/h1-10,14,20H,11-13,15-18H2,(H,32,38)(H,36,37). The quantitative estimate of drug-likeness (QED) is 0.224. The van der Waals surface area contributed by atoms with Gasteiger partial charge < -0.3 is 20.2 Å². The molecule has 0 saturated carbocycles. The first kappa shape index (κ1) is 29.8. The summed E-state index contributed by atoms with van der Waals surface area (Å²) in [7, 11) is 0. The summed E-state index contributed by atoms with van der Waals surface area (Å²) in [6.07, 6.45) is 0.370. The summed E-state index contributed by atoms with van der Waals surface area (Å²) in [6.45, 7) is 1.10. The Balaban J connectivity index is 1.45. The Morgan fingerprint density at radius 1 is 0.976 bits per heavy atom. The third kappa shape index (κ3) is 7.96. The molecule has 1 heterocycles. The highest BCUT2D eigenvalue weighted by Crippen LogP contribution is 2.27. The van der Waals surface area contributed by atoms with Gasteiger partial charge in [0.05, 0.1) is 11.3 Å². The van der Waals surface area contributed by atoms with Crippen LogP contribution in [0, 0.1) is 16.0 Å². The number of nitro benzene ring substituents is 1. The zero-order chi connectivity index (χ0) is 29.5. The topological polar surface area (TPSA) is 133 Å². The maximum absolute atomic E-state index is 13.5. The lowest BCUT2D eigenvalue weighted by atomic mass is 9.99. The van der Waals surface area contributed by atoms with Crippen LogP contribution in [0.25, 0.3) is 0 Å². The van der Waals surface area contributed by atoms with Gasteiger partial charge in [0.15, 0.2) is 0 Å². The van der Waals surface area contributed by atoms with E-state index in [0.717, 1.165) is 5.56 Å². The molecule has 3 aromatic carbocycles. The summed E-state index contributed by atoms with van der Waals surface area (Å²) < 4.78 is 0. The Labute approximate surface area is 246 Å². The Hall–Kier alpha value is -4.15. The number of benzene rings is 3. The van der Waals surface area contributed by atoms with Crippen molar-refractivity contribution >= 4 is 46.8 Å². The number of nitro groups is 1. The number of carbonyl (C=O) groups is 3. The largest absolute Gasteiger partial charge is 0.481 e. The summed E-state index contributed by atoms with van der Waals surface area (Å²) in [5, 5.41) is 24.0. The van der Waals surface area contributed by atoms with Gasteiger partial charge in [-0.3, -0.25) is 19.7 Å². The molecule has 0 bridgehead atoms.